The van der Waals surface area contributed by atoms with Crippen LogP contribution in [0.5, 0.6) is 0 Å². The topological polar surface area (TPSA) is 63.9 Å². The summed E-state index contributed by atoms with van der Waals surface area (Å²) in [5, 5.41) is 13.0. The number of halogens is 1. The number of hydrogen-bond donors (Lipinski definition) is 0. The zero-order valence-corrected chi connectivity index (χ0v) is 16.3. The molecule has 8 heteroatoms. The molecule has 2 heterocycles. The summed E-state index contributed by atoms with van der Waals surface area (Å²) in [6.07, 6.45) is 1.97. The summed E-state index contributed by atoms with van der Waals surface area (Å²) >= 11 is 7.27. The van der Waals surface area contributed by atoms with Gasteiger partial charge in [0, 0.05) is 16.8 Å². The maximum Gasteiger partial charge on any atom is 0.237 e. The van der Waals surface area contributed by atoms with Crippen LogP contribution in [0.1, 0.15) is 18.9 Å². The molecule has 0 fully saturated rings. The number of nitrogens with zero attached hydrogens (tertiary/aromatic N) is 5. The average molecular weight is 400 g/mol. The lowest BCUT2D eigenvalue weighted by Crippen LogP contribution is -2.43. The van der Waals surface area contributed by atoms with Gasteiger partial charge in [0.05, 0.1) is 11.4 Å². The molecule has 0 bridgehead atoms. The number of carbonyl (C=O) groups excluding carboxylic acids is 1. The molecule has 0 N–H and O–H groups in total. The number of anilines is 1. The molecule has 0 radical (unpaired) electrons. The van der Waals surface area contributed by atoms with Crippen LogP contribution in [0, 0.1) is 0 Å². The normalized spacial score (nSPS) is 16.2. The Morgan fingerprint density at radius 3 is 2.81 bits per heavy atom. The molecule has 1 aliphatic rings. The van der Waals surface area contributed by atoms with Gasteiger partial charge in [0.15, 0.2) is 0 Å². The standard InChI is InChI=1S/C19H18ClN5OS/c1-13-6-7-14-4-2-3-5-17(14)24(13)18(26)12-27-19-21-22-23-25(19)16-10-8-15(20)9-11-16/h2-5,8-11,13H,6-7,12H2,1H3. The van der Waals surface area contributed by atoms with Crippen molar-refractivity contribution in [2.45, 2.75) is 31.0 Å². The van der Waals surface area contributed by atoms with Gasteiger partial charge in [0.25, 0.3) is 0 Å². The molecular formula is C19H18ClN5OS. The number of benzene rings is 2. The van der Waals surface area contributed by atoms with Crippen LogP contribution in [0.15, 0.2) is 53.7 Å². The lowest BCUT2D eigenvalue weighted by molar-refractivity contribution is -0.116. The number of aromatic nitrogens is 4. The summed E-state index contributed by atoms with van der Waals surface area (Å²) in [5.41, 5.74) is 3.04. The van der Waals surface area contributed by atoms with E-state index in [9.17, 15) is 4.79 Å². The number of amides is 1. The molecule has 0 aliphatic carbocycles. The van der Waals surface area contributed by atoms with Crippen molar-refractivity contribution >= 4 is 35.0 Å². The van der Waals surface area contributed by atoms with Crippen molar-refractivity contribution in [2.24, 2.45) is 0 Å². The summed E-state index contributed by atoms with van der Waals surface area (Å²) in [4.78, 5) is 14.9. The zero-order valence-electron chi connectivity index (χ0n) is 14.7. The van der Waals surface area contributed by atoms with Crippen LogP contribution in [0.4, 0.5) is 5.69 Å². The van der Waals surface area contributed by atoms with Gasteiger partial charge in [-0.25, -0.2) is 0 Å². The number of fused-ring (bicyclic) bond motifs is 1. The smallest absolute Gasteiger partial charge is 0.237 e. The van der Waals surface area contributed by atoms with Crippen molar-refractivity contribution in [3.05, 3.63) is 59.1 Å². The largest absolute Gasteiger partial charge is 0.309 e. The first kappa shape index (κ1) is 18.0. The fourth-order valence-corrected chi connectivity index (χ4v) is 4.15. The minimum Gasteiger partial charge on any atom is -0.309 e. The van der Waals surface area contributed by atoms with E-state index in [0.29, 0.717) is 10.2 Å². The Bertz CT molecular complexity index is 959. The van der Waals surface area contributed by atoms with Gasteiger partial charge in [0.2, 0.25) is 11.1 Å². The predicted octanol–water partition coefficient (Wildman–Crippen LogP) is 3.78. The number of aryl methyl sites for hydroxylation is 1. The molecule has 0 spiro atoms. The Hall–Kier alpha value is -2.38. The van der Waals surface area contributed by atoms with E-state index in [1.807, 2.05) is 35.2 Å². The predicted molar refractivity (Wildman–Crippen MR) is 107 cm³/mol. The zero-order chi connectivity index (χ0) is 18.8. The molecule has 27 heavy (non-hydrogen) atoms. The minimum absolute atomic E-state index is 0.0605. The third-order valence-electron chi connectivity index (χ3n) is 4.63. The van der Waals surface area contributed by atoms with E-state index < -0.39 is 0 Å². The van der Waals surface area contributed by atoms with Gasteiger partial charge in [-0.05, 0) is 66.1 Å². The van der Waals surface area contributed by atoms with E-state index in [-0.39, 0.29) is 17.7 Å². The second-order valence-electron chi connectivity index (χ2n) is 6.42. The van der Waals surface area contributed by atoms with Gasteiger partial charge < -0.3 is 4.90 Å². The minimum atomic E-state index is 0.0605. The Balaban J connectivity index is 1.51. The Kier molecular flexibility index (Phi) is 5.13. The molecular weight excluding hydrogens is 382 g/mol. The number of tetrazole rings is 1. The first-order valence-corrected chi connectivity index (χ1v) is 10.1. The van der Waals surface area contributed by atoms with Gasteiger partial charge in [-0.2, -0.15) is 4.68 Å². The highest BCUT2D eigenvalue weighted by Crippen LogP contribution is 2.31. The average Bonchev–Trinajstić information content (AvgIpc) is 3.15. The van der Waals surface area contributed by atoms with Crippen LogP contribution < -0.4 is 4.90 Å². The van der Waals surface area contributed by atoms with Crippen molar-refractivity contribution in [3.63, 3.8) is 0 Å². The molecule has 1 atom stereocenters. The van der Waals surface area contributed by atoms with Crippen LogP contribution >= 0.6 is 23.4 Å². The van der Waals surface area contributed by atoms with E-state index in [1.165, 1.54) is 17.3 Å². The van der Waals surface area contributed by atoms with Gasteiger partial charge in [0.1, 0.15) is 0 Å². The maximum absolute atomic E-state index is 13.0. The lowest BCUT2D eigenvalue weighted by atomic mass is 9.97. The number of hydrogen-bond acceptors (Lipinski definition) is 5. The monoisotopic (exact) mass is 399 g/mol. The van der Waals surface area contributed by atoms with Crippen LogP contribution in [0.25, 0.3) is 5.69 Å². The van der Waals surface area contributed by atoms with Crippen molar-refractivity contribution in [1.82, 2.24) is 20.2 Å². The Morgan fingerprint density at radius 1 is 1.22 bits per heavy atom. The molecule has 4 rings (SSSR count). The summed E-state index contributed by atoms with van der Waals surface area (Å²) in [5.74, 6) is 0.331. The van der Waals surface area contributed by atoms with Crippen LogP contribution in [0.3, 0.4) is 0 Å². The number of para-hydroxylation sites is 1. The quantitative estimate of drug-likeness (QED) is 0.625. The fourth-order valence-electron chi connectivity index (χ4n) is 3.28. The first-order valence-electron chi connectivity index (χ1n) is 8.70. The van der Waals surface area contributed by atoms with E-state index in [2.05, 4.69) is 28.5 Å². The Labute approximate surface area is 166 Å². The molecule has 0 saturated carbocycles. The fraction of sp³-hybridized carbons (Fsp3) is 0.263. The van der Waals surface area contributed by atoms with E-state index in [1.54, 1.807) is 16.8 Å². The van der Waals surface area contributed by atoms with E-state index in [0.717, 1.165) is 24.2 Å². The first-order chi connectivity index (χ1) is 13.1. The van der Waals surface area contributed by atoms with Crippen molar-refractivity contribution < 1.29 is 4.79 Å². The van der Waals surface area contributed by atoms with E-state index >= 15 is 0 Å². The molecule has 1 aliphatic heterocycles. The molecule has 6 nitrogen and oxygen atoms in total. The number of carbonyl (C=O) groups is 1. The van der Waals surface area contributed by atoms with Crippen molar-refractivity contribution in [1.29, 1.82) is 0 Å². The molecule has 0 saturated heterocycles. The SMILES string of the molecule is CC1CCc2ccccc2N1C(=O)CSc1nnnn1-c1ccc(Cl)cc1. The summed E-state index contributed by atoms with van der Waals surface area (Å²) in [6.45, 7) is 2.09. The highest BCUT2D eigenvalue weighted by molar-refractivity contribution is 7.99. The number of rotatable bonds is 4. The van der Waals surface area contributed by atoms with Gasteiger partial charge in [-0.15, -0.1) is 5.10 Å². The van der Waals surface area contributed by atoms with Gasteiger partial charge in [-0.3, -0.25) is 4.79 Å². The van der Waals surface area contributed by atoms with Crippen molar-refractivity contribution in [2.75, 3.05) is 10.7 Å². The molecule has 3 aromatic rings. The molecule has 1 aromatic heterocycles. The second-order valence-corrected chi connectivity index (χ2v) is 7.80. The van der Waals surface area contributed by atoms with Gasteiger partial charge >= 0.3 is 0 Å². The summed E-state index contributed by atoms with van der Waals surface area (Å²) in [7, 11) is 0. The third kappa shape index (κ3) is 3.70. The third-order valence-corrected chi connectivity index (χ3v) is 5.78. The summed E-state index contributed by atoms with van der Waals surface area (Å²) in [6, 6.07) is 15.5. The van der Waals surface area contributed by atoms with Crippen LogP contribution in [-0.4, -0.2) is 37.9 Å². The van der Waals surface area contributed by atoms with Gasteiger partial charge in [-0.1, -0.05) is 41.6 Å². The molecule has 1 unspecified atom stereocenters. The maximum atomic E-state index is 13.0. The molecule has 1 amide bonds. The van der Waals surface area contributed by atoms with Crippen LogP contribution in [-0.2, 0) is 11.2 Å². The highest BCUT2D eigenvalue weighted by Gasteiger charge is 2.28. The molecule has 2 aromatic carbocycles. The second kappa shape index (κ2) is 7.70. The number of thioether (sulfide) groups is 1. The Morgan fingerprint density at radius 2 is 2.00 bits per heavy atom. The highest BCUT2D eigenvalue weighted by atomic mass is 35.5. The van der Waals surface area contributed by atoms with E-state index in [4.69, 9.17) is 11.6 Å². The summed E-state index contributed by atoms with van der Waals surface area (Å²) < 4.78 is 1.61. The van der Waals surface area contributed by atoms with Crippen molar-refractivity contribution in [3.8, 4) is 5.69 Å². The lowest BCUT2D eigenvalue weighted by Gasteiger charge is -2.35. The van der Waals surface area contributed by atoms with Crippen LogP contribution in [0.2, 0.25) is 5.02 Å². The molecule has 138 valence electrons.